The summed E-state index contributed by atoms with van der Waals surface area (Å²) in [5.41, 5.74) is 15.5. The molecule has 0 saturated carbocycles. The summed E-state index contributed by atoms with van der Waals surface area (Å²) in [6, 6.07) is 4.47. The van der Waals surface area contributed by atoms with Gasteiger partial charge in [0.1, 0.15) is 5.82 Å². The molecule has 0 spiro atoms. The number of nitrogens with zero attached hydrogens (tertiary/aromatic N) is 2. The van der Waals surface area contributed by atoms with Crippen LogP contribution in [-0.4, -0.2) is 31.1 Å². The maximum Gasteiger partial charge on any atom is 0.254 e. The molecule has 5 nitrogen and oxygen atoms in total. The molecular weight excluding hydrogens is 331 g/mol. The minimum Gasteiger partial charge on any atom is -0.404 e. The predicted molar refractivity (Wildman–Crippen MR) is 103 cm³/mol. The molecule has 1 aliphatic heterocycles. The molecule has 1 aromatic carbocycles. The third-order valence-electron chi connectivity index (χ3n) is 4.66. The van der Waals surface area contributed by atoms with Gasteiger partial charge in [-0.25, -0.2) is 4.39 Å². The topological polar surface area (TPSA) is 84.7 Å². The number of fused-ring (bicyclic) bond motifs is 1. The smallest absolute Gasteiger partial charge is 0.254 e. The SMILES string of the molecule is CN=CC(=CN)C1=CC=C2C(=O)N(C)C=C(c3cc(N)ccc3F)C2C1. The number of likely N-dealkylation sites (N-methyl/N-ethyl adjacent to an activating group) is 1. The number of carbonyl (C=O) groups is 1. The number of amides is 1. The van der Waals surface area contributed by atoms with E-state index >= 15 is 0 Å². The number of rotatable bonds is 3. The largest absolute Gasteiger partial charge is 0.404 e. The Morgan fingerprint density at radius 3 is 2.81 bits per heavy atom. The number of anilines is 1. The summed E-state index contributed by atoms with van der Waals surface area (Å²) in [7, 11) is 3.33. The van der Waals surface area contributed by atoms with Crippen molar-refractivity contribution in [2.45, 2.75) is 6.42 Å². The van der Waals surface area contributed by atoms with Gasteiger partial charge in [0, 0.05) is 61.0 Å². The Morgan fingerprint density at radius 2 is 2.12 bits per heavy atom. The Balaban J connectivity index is 2.10. The maximum atomic E-state index is 14.5. The first-order chi connectivity index (χ1) is 12.5. The summed E-state index contributed by atoms with van der Waals surface area (Å²) in [5.74, 6) is -0.732. The van der Waals surface area contributed by atoms with Gasteiger partial charge < -0.3 is 16.4 Å². The predicted octanol–water partition coefficient (Wildman–Crippen LogP) is 2.64. The van der Waals surface area contributed by atoms with Crippen LogP contribution in [0.2, 0.25) is 0 Å². The lowest BCUT2D eigenvalue weighted by Crippen LogP contribution is -2.33. The highest BCUT2D eigenvalue weighted by molar-refractivity contribution is 6.01. The molecule has 1 amide bonds. The molecule has 2 aliphatic rings. The van der Waals surface area contributed by atoms with Crippen molar-refractivity contribution >= 4 is 23.4 Å². The van der Waals surface area contributed by atoms with Crippen LogP contribution in [0.25, 0.3) is 5.57 Å². The Hall–Kier alpha value is -3.15. The van der Waals surface area contributed by atoms with Gasteiger partial charge in [-0.2, -0.15) is 0 Å². The normalized spacial score (nSPS) is 20.7. The molecule has 1 aromatic rings. The fourth-order valence-corrected chi connectivity index (χ4v) is 3.37. The number of hydrogen-bond donors (Lipinski definition) is 2. The highest BCUT2D eigenvalue weighted by Crippen LogP contribution is 2.42. The minimum absolute atomic E-state index is 0.0965. The maximum absolute atomic E-state index is 14.5. The monoisotopic (exact) mass is 352 g/mol. The van der Waals surface area contributed by atoms with Gasteiger partial charge in [0.05, 0.1) is 0 Å². The Bertz CT molecular complexity index is 908. The summed E-state index contributed by atoms with van der Waals surface area (Å²) >= 11 is 0. The van der Waals surface area contributed by atoms with E-state index in [2.05, 4.69) is 4.99 Å². The number of carbonyl (C=O) groups excluding carboxylic acids is 1. The molecule has 1 unspecified atom stereocenters. The van der Waals surface area contributed by atoms with Gasteiger partial charge in [-0.15, -0.1) is 0 Å². The van der Waals surface area contributed by atoms with Crippen LogP contribution in [0.5, 0.6) is 0 Å². The van der Waals surface area contributed by atoms with E-state index in [4.69, 9.17) is 11.5 Å². The van der Waals surface area contributed by atoms with E-state index in [1.54, 1.807) is 38.7 Å². The molecule has 0 aromatic heterocycles. The number of benzene rings is 1. The Kier molecular flexibility index (Phi) is 4.75. The molecule has 3 rings (SSSR count). The van der Waals surface area contributed by atoms with Gasteiger partial charge in [-0.1, -0.05) is 12.2 Å². The molecule has 0 saturated heterocycles. The summed E-state index contributed by atoms with van der Waals surface area (Å²) in [5, 5.41) is 0. The molecular formula is C20H21FN4O. The fraction of sp³-hybridized carbons (Fsp3) is 0.200. The quantitative estimate of drug-likeness (QED) is 0.648. The van der Waals surface area contributed by atoms with Crippen molar-refractivity contribution in [3.05, 3.63) is 70.9 Å². The van der Waals surface area contributed by atoms with Gasteiger partial charge in [-0.05, 0) is 35.8 Å². The zero-order valence-electron chi connectivity index (χ0n) is 14.7. The van der Waals surface area contributed by atoms with Gasteiger partial charge in [0.25, 0.3) is 5.91 Å². The first-order valence-corrected chi connectivity index (χ1v) is 8.25. The van der Waals surface area contributed by atoms with Crippen LogP contribution in [0.1, 0.15) is 12.0 Å². The number of nitrogen functional groups attached to an aromatic ring is 1. The van der Waals surface area contributed by atoms with Crippen molar-refractivity contribution in [2.24, 2.45) is 16.6 Å². The van der Waals surface area contributed by atoms with E-state index in [-0.39, 0.29) is 17.6 Å². The number of nitrogens with two attached hydrogens (primary N) is 2. The summed E-state index contributed by atoms with van der Waals surface area (Å²) in [6.45, 7) is 0. The summed E-state index contributed by atoms with van der Waals surface area (Å²) < 4.78 is 14.5. The van der Waals surface area contributed by atoms with Gasteiger partial charge in [0.2, 0.25) is 0 Å². The van der Waals surface area contributed by atoms with Crippen molar-refractivity contribution in [1.29, 1.82) is 0 Å². The molecule has 134 valence electrons. The number of allylic oxidation sites excluding steroid dienone is 5. The van der Waals surface area contributed by atoms with Gasteiger partial charge in [-0.3, -0.25) is 9.79 Å². The zero-order chi connectivity index (χ0) is 18.8. The van der Waals surface area contributed by atoms with Crippen LogP contribution in [0.4, 0.5) is 10.1 Å². The van der Waals surface area contributed by atoms with Crippen molar-refractivity contribution < 1.29 is 9.18 Å². The first-order valence-electron chi connectivity index (χ1n) is 8.25. The summed E-state index contributed by atoms with van der Waals surface area (Å²) in [6.07, 6.45) is 9.03. The third-order valence-corrected chi connectivity index (χ3v) is 4.66. The number of hydrogen-bond acceptors (Lipinski definition) is 4. The van der Waals surface area contributed by atoms with Crippen LogP contribution < -0.4 is 11.5 Å². The minimum atomic E-state index is -0.367. The lowest BCUT2D eigenvalue weighted by Gasteiger charge is -2.34. The van der Waals surface area contributed by atoms with E-state index in [1.807, 2.05) is 6.08 Å². The van der Waals surface area contributed by atoms with Gasteiger partial charge >= 0.3 is 0 Å². The lowest BCUT2D eigenvalue weighted by atomic mass is 9.76. The van der Waals surface area contributed by atoms with Crippen molar-refractivity contribution in [1.82, 2.24) is 4.90 Å². The first kappa shape index (κ1) is 17.7. The third kappa shape index (κ3) is 3.06. The van der Waals surface area contributed by atoms with Crippen LogP contribution in [0.15, 0.2) is 64.5 Å². The van der Waals surface area contributed by atoms with Crippen LogP contribution in [-0.2, 0) is 4.79 Å². The molecule has 0 radical (unpaired) electrons. The number of aliphatic imine (C=N–C) groups is 1. The van der Waals surface area contributed by atoms with E-state index in [0.29, 0.717) is 23.2 Å². The second-order valence-corrected chi connectivity index (χ2v) is 6.32. The molecule has 1 aliphatic carbocycles. The molecule has 0 bridgehead atoms. The Morgan fingerprint density at radius 1 is 1.35 bits per heavy atom. The second-order valence-electron chi connectivity index (χ2n) is 6.32. The van der Waals surface area contributed by atoms with Crippen LogP contribution in [0, 0.1) is 11.7 Å². The van der Waals surface area contributed by atoms with Crippen LogP contribution >= 0.6 is 0 Å². The number of halogens is 1. The average Bonchev–Trinajstić information content (AvgIpc) is 2.64. The van der Waals surface area contributed by atoms with Crippen molar-refractivity contribution in [2.75, 3.05) is 19.8 Å². The van der Waals surface area contributed by atoms with E-state index in [0.717, 1.165) is 16.7 Å². The standard InChI is InChI=1S/C20H21FN4O/c1-24-10-13(9-22)12-3-5-15-16(7-12)18(11-25(2)20(15)26)17-8-14(23)4-6-19(17)21/h3-6,8-11,16H,7,22-23H2,1-2H3. The Labute approximate surface area is 151 Å². The average molecular weight is 352 g/mol. The van der Waals surface area contributed by atoms with E-state index in [1.165, 1.54) is 23.2 Å². The highest BCUT2D eigenvalue weighted by Gasteiger charge is 2.35. The highest BCUT2D eigenvalue weighted by atomic mass is 19.1. The van der Waals surface area contributed by atoms with Gasteiger partial charge in [0.15, 0.2) is 0 Å². The van der Waals surface area contributed by atoms with E-state index < -0.39 is 0 Å². The van der Waals surface area contributed by atoms with Crippen LogP contribution in [0.3, 0.4) is 0 Å². The molecule has 26 heavy (non-hydrogen) atoms. The van der Waals surface area contributed by atoms with E-state index in [9.17, 15) is 9.18 Å². The lowest BCUT2D eigenvalue weighted by molar-refractivity contribution is -0.124. The second kappa shape index (κ2) is 7.00. The van der Waals surface area contributed by atoms with Crippen molar-refractivity contribution in [3.63, 3.8) is 0 Å². The molecule has 1 atom stereocenters. The molecule has 4 N–H and O–H groups in total. The van der Waals surface area contributed by atoms with Crippen molar-refractivity contribution in [3.8, 4) is 0 Å². The fourth-order valence-electron chi connectivity index (χ4n) is 3.37. The summed E-state index contributed by atoms with van der Waals surface area (Å²) in [4.78, 5) is 18.1. The molecule has 1 heterocycles. The zero-order valence-corrected chi connectivity index (χ0v) is 14.7. The molecule has 6 heteroatoms. The molecule has 0 fully saturated rings.